The molecular formula is C22H24F5N7. The molecule has 2 saturated heterocycles. The van der Waals surface area contributed by atoms with Crippen LogP contribution in [-0.2, 0) is 12.7 Å². The fourth-order valence-electron chi connectivity index (χ4n) is 5.05. The molecule has 5 heterocycles. The van der Waals surface area contributed by atoms with E-state index in [1.807, 2.05) is 4.90 Å². The number of anilines is 2. The van der Waals surface area contributed by atoms with Crippen LogP contribution < -0.4 is 9.80 Å². The van der Waals surface area contributed by atoms with Crippen molar-refractivity contribution in [1.82, 2.24) is 24.7 Å². The summed E-state index contributed by atoms with van der Waals surface area (Å²) >= 11 is 0. The Balaban J connectivity index is 1.29. The summed E-state index contributed by atoms with van der Waals surface area (Å²) in [5.41, 5.74) is 0.0959. The Bertz CT molecular complexity index is 1150. The molecule has 0 unspecified atom stereocenters. The minimum Gasteiger partial charge on any atom is -0.356 e. The van der Waals surface area contributed by atoms with Crippen molar-refractivity contribution in [2.45, 2.75) is 44.8 Å². The zero-order chi connectivity index (χ0) is 23.9. The van der Waals surface area contributed by atoms with Crippen LogP contribution in [0.5, 0.6) is 0 Å². The van der Waals surface area contributed by atoms with Gasteiger partial charge in [-0.1, -0.05) is 0 Å². The number of rotatable bonds is 4. The largest absolute Gasteiger partial charge is 0.416 e. The minimum absolute atomic E-state index is 0.0142. The number of hydrogen-bond acceptors (Lipinski definition) is 6. The van der Waals surface area contributed by atoms with Crippen molar-refractivity contribution in [1.29, 1.82) is 0 Å². The van der Waals surface area contributed by atoms with E-state index in [1.54, 1.807) is 6.20 Å². The second-order valence-corrected chi connectivity index (χ2v) is 9.07. The van der Waals surface area contributed by atoms with Crippen LogP contribution in [0.3, 0.4) is 0 Å². The van der Waals surface area contributed by atoms with Crippen LogP contribution >= 0.6 is 0 Å². The summed E-state index contributed by atoms with van der Waals surface area (Å²) in [6.45, 7) is 2.20. The SMILES string of the molecule is FC(F)Cn1ncc2ncc(N3CCC4(CCCN(c5cc(C(F)(F)F)ccn5)C4)CC3)nc21. The van der Waals surface area contributed by atoms with E-state index in [0.29, 0.717) is 49.0 Å². The number of halogens is 5. The molecule has 5 rings (SSSR count). The van der Waals surface area contributed by atoms with E-state index in [-0.39, 0.29) is 5.41 Å². The summed E-state index contributed by atoms with van der Waals surface area (Å²) < 4.78 is 66.3. The van der Waals surface area contributed by atoms with Crippen molar-refractivity contribution in [3.8, 4) is 0 Å². The highest BCUT2D eigenvalue weighted by atomic mass is 19.4. The van der Waals surface area contributed by atoms with Crippen molar-refractivity contribution in [3.63, 3.8) is 0 Å². The maximum absolute atomic E-state index is 13.1. The van der Waals surface area contributed by atoms with E-state index in [4.69, 9.17) is 0 Å². The molecule has 0 atom stereocenters. The molecular weight excluding hydrogens is 457 g/mol. The van der Waals surface area contributed by atoms with Gasteiger partial charge in [-0.2, -0.15) is 18.3 Å². The summed E-state index contributed by atoms with van der Waals surface area (Å²) in [4.78, 5) is 17.1. The summed E-state index contributed by atoms with van der Waals surface area (Å²) in [6, 6.07) is 2.12. The smallest absolute Gasteiger partial charge is 0.356 e. The Morgan fingerprint density at radius 3 is 2.50 bits per heavy atom. The standard InChI is InChI=1S/C22H24F5N7/c23-17(24)13-34-20-16(11-30-34)29-12-19(31-20)32-8-4-21(5-9-32)3-1-7-33(14-21)18-10-15(2-6-28-18)22(25,26)27/h2,6,10-12,17H,1,3-5,7-9,13-14H2. The average Bonchev–Trinajstić information content (AvgIpc) is 3.20. The quantitative estimate of drug-likeness (QED) is 0.515. The maximum Gasteiger partial charge on any atom is 0.416 e. The first-order valence-electron chi connectivity index (χ1n) is 11.2. The molecule has 2 fully saturated rings. The molecule has 0 amide bonds. The third-order valence-electron chi connectivity index (χ3n) is 6.85. The number of aromatic nitrogens is 5. The highest BCUT2D eigenvalue weighted by Gasteiger charge is 2.40. The molecule has 2 aliphatic heterocycles. The van der Waals surface area contributed by atoms with Gasteiger partial charge in [0, 0.05) is 32.4 Å². The zero-order valence-electron chi connectivity index (χ0n) is 18.3. The van der Waals surface area contributed by atoms with Gasteiger partial charge in [0.15, 0.2) is 5.65 Å². The molecule has 0 saturated carbocycles. The lowest BCUT2D eigenvalue weighted by Gasteiger charge is -2.48. The van der Waals surface area contributed by atoms with Crippen LogP contribution in [0.4, 0.5) is 33.6 Å². The molecule has 12 heteroatoms. The number of fused-ring (bicyclic) bond motifs is 1. The van der Waals surface area contributed by atoms with Gasteiger partial charge in [-0.3, -0.25) is 0 Å². The van der Waals surface area contributed by atoms with Crippen LogP contribution in [0.2, 0.25) is 0 Å². The van der Waals surface area contributed by atoms with Gasteiger partial charge in [0.25, 0.3) is 6.43 Å². The predicted molar refractivity (Wildman–Crippen MR) is 116 cm³/mol. The van der Waals surface area contributed by atoms with Crippen molar-refractivity contribution < 1.29 is 22.0 Å². The summed E-state index contributed by atoms with van der Waals surface area (Å²) in [6.07, 6.45) is 0.921. The second kappa shape index (κ2) is 8.62. The fraction of sp³-hybridized carbons (Fsp3) is 0.545. The maximum atomic E-state index is 13.1. The molecule has 2 aliphatic rings. The summed E-state index contributed by atoms with van der Waals surface area (Å²) in [5.74, 6) is 0.977. The van der Waals surface area contributed by atoms with Crippen LogP contribution in [0.15, 0.2) is 30.7 Å². The molecule has 0 aliphatic carbocycles. The lowest BCUT2D eigenvalue weighted by atomic mass is 9.72. The van der Waals surface area contributed by atoms with Crippen molar-refractivity contribution in [2.24, 2.45) is 5.41 Å². The van der Waals surface area contributed by atoms with E-state index in [2.05, 4.69) is 25.0 Å². The molecule has 0 N–H and O–H groups in total. The highest BCUT2D eigenvalue weighted by Crippen LogP contribution is 2.42. The van der Waals surface area contributed by atoms with Gasteiger partial charge >= 0.3 is 6.18 Å². The van der Waals surface area contributed by atoms with Gasteiger partial charge < -0.3 is 9.80 Å². The van der Waals surface area contributed by atoms with Crippen molar-refractivity contribution >= 4 is 22.8 Å². The molecule has 182 valence electrons. The summed E-state index contributed by atoms with van der Waals surface area (Å²) in [5, 5.41) is 3.96. The Kier molecular flexibility index (Phi) is 5.76. The number of pyridine rings is 1. The monoisotopic (exact) mass is 481 g/mol. The van der Waals surface area contributed by atoms with Crippen LogP contribution in [0.1, 0.15) is 31.2 Å². The molecule has 7 nitrogen and oxygen atoms in total. The summed E-state index contributed by atoms with van der Waals surface area (Å²) in [7, 11) is 0. The molecule has 3 aromatic heterocycles. The molecule has 0 bridgehead atoms. The third kappa shape index (κ3) is 4.49. The molecule has 34 heavy (non-hydrogen) atoms. The zero-order valence-corrected chi connectivity index (χ0v) is 18.3. The van der Waals surface area contributed by atoms with Gasteiger partial charge in [0.2, 0.25) is 0 Å². The van der Waals surface area contributed by atoms with Crippen molar-refractivity contribution in [2.75, 3.05) is 36.0 Å². The topological polar surface area (TPSA) is 63.0 Å². The lowest BCUT2D eigenvalue weighted by Crippen LogP contribution is -2.50. The molecule has 0 radical (unpaired) electrons. The van der Waals surface area contributed by atoms with Crippen LogP contribution in [0.25, 0.3) is 11.2 Å². The van der Waals surface area contributed by atoms with Gasteiger partial charge in [-0.05, 0) is 43.2 Å². The van der Waals surface area contributed by atoms with Gasteiger partial charge in [0.05, 0.1) is 18.0 Å². The van der Waals surface area contributed by atoms with Crippen LogP contribution in [0, 0.1) is 5.41 Å². The van der Waals surface area contributed by atoms with E-state index >= 15 is 0 Å². The first-order valence-corrected chi connectivity index (χ1v) is 11.2. The van der Waals surface area contributed by atoms with Gasteiger partial charge in [-0.15, -0.1) is 0 Å². The predicted octanol–water partition coefficient (Wildman–Crippen LogP) is 4.39. The fourth-order valence-corrected chi connectivity index (χ4v) is 5.05. The Morgan fingerprint density at radius 1 is 0.971 bits per heavy atom. The van der Waals surface area contributed by atoms with E-state index in [0.717, 1.165) is 37.8 Å². The average molecular weight is 481 g/mol. The Morgan fingerprint density at radius 2 is 1.76 bits per heavy atom. The van der Waals surface area contributed by atoms with Gasteiger partial charge in [0.1, 0.15) is 23.7 Å². The van der Waals surface area contributed by atoms with Crippen molar-refractivity contribution in [3.05, 3.63) is 36.3 Å². The molecule has 1 spiro atoms. The number of nitrogens with zero attached hydrogens (tertiary/aromatic N) is 7. The molecule has 3 aromatic rings. The third-order valence-corrected chi connectivity index (χ3v) is 6.85. The lowest BCUT2D eigenvalue weighted by molar-refractivity contribution is -0.137. The first-order chi connectivity index (χ1) is 16.2. The minimum atomic E-state index is -4.40. The Labute approximate surface area is 192 Å². The van der Waals surface area contributed by atoms with Crippen LogP contribution in [-0.4, -0.2) is 57.3 Å². The first kappa shape index (κ1) is 22.7. The van der Waals surface area contributed by atoms with Gasteiger partial charge in [-0.25, -0.2) is 28.4 Å². The number of piperidine rings is 2. The number of alkyl halides is 5. The van der Waals surface area contributed by atoms with E-state index in [9.17, 15) is 22.0 Å². The normalized spacial score (nSPS) is 18.9. The van der Waals surface area contributed by atoms with E-state index in [1.165, 1.54) is 17.1 Å². The van der Waals surface area contributed by atoms with E-state index < -0.39 is 24.7 Å². The Hall–Kier alpha value is -3.05. The number of hydrogen-bond donors (Lipinski definition) is 0. The molecule has 0 aromatic carbocycles. The highest BCUT2D eigenvalue weighted by molar-refractivity contribution is 5.71. The second-order valence-electron chi connectivity index (χ2n) is 9.07.